The number of carbonyl (C=O) groups excluding carboxylic acids is 2. The second-order valence-corrected chi connectivity index (χ2v) is 5.47. The largest absolute Gasteiger partial charge is 0.480 e. The van der Waals surface area contributed by atoms with Crippen LogP contribution in [0.15, 0.2) is 0 Å². The van der Waals surface area contributed by atoms with Crippen molar-refractivity contribution in [3.05, 3.63) is 0 Å². The molecule has 8 heteroatoms. The molecular formula is C13H21N3O5. The van der Waals surface area contributed by atoms with Crippen molar-refractivity contribution in [1.29, 1.82) is 0 Å². The van der Waals surface area contributed by atoms with E-state index in [2.05, 4.69) is 16.0 Å². The first-order valence-electron chi connectivity index (χ1n) is 7.18. The maximum absolute atomic E-state index is 11.8. The van der Waals surface area contributed by atoms with Gasteiger partial charge in [0.2, 0.25) is 5.91 Å². The van der Waals surface area contributed by atoms with Crippen LogP contribution in [0.2, 0.25) is 0 Å². The van der Waals surface area contributed by atoms with E-state index in [0.717, 1.165) is 12.8 Å². The van der Waals surface area contributed by atoms with Gasteiger partial charge in [0.1, 0.15) is 5.54 Å². The summed E-state index contributed by atoms with van der Waals surface area (Å²) in [4.78, 5) is 34.6. The maximum Gasteiger partial charge on any atom is 0.329 e. The normalized spacial score (nSPS) is 20.4. The number of aliphatic carboxylic acids is 1. The van der Waals surface area contributed by atoms with Crippen LogP contribution in [0, 0.1) is 0 Å². The van der Waals surface area contributed by atoms with Gasteiger partial charge in [-0.1, -0.05) is 0 Å². The zero-order valence-electron chi connectivity index (χ0n) is 11.8. The second kappa shape index (κ2) is 6.75. The summed E-state index contributed by atoms with van der Waals surface area (Å²) in [6.07, 6.45) is 2.69. The van der Waals surface area contributed by atoms with Crippen LogP contribution >= 0.6 is 0 Å². The standard InChI is InChI=1S/C13H21N3O5/c17-10(15-9-1-2-9)3-6-14-12(20)16-13(11(18)19)4-7-21-8-5-13/h9H,1-8H2,(H,15,17)(H,18,19)(H2,14,16,20). The highest BCUT2D eigenvalue weighted by atomic mass is 16.5. The minimum Gasteiger partial charge on any atom is -0.480 e. The number of hydrogen-bond acceptors (Lipinski definition) is 4. The Balaban J connectivity index is 1.71. The molecule has 2 fully saturated rings. The van der Waals surface area contributed by atoms with E-state index in [9.17, 15) is 19.5 Å². The molecule has 1 saturated carbocycles. The van der Waals surface area contributed by atoms with Crippen LogP contribution in [-0.2, 0) is 14.3 Å². The van der Waals surface area contributed by atoms with Gasteiger partial charge in [0, 0.05) is 45.1 Å². The molecule has 1 aliphatic heterocycles. The molecule has 0 spiro atoms. The zero-order chi connectivity index (χ0) is 15.3. The number of hydrogen-bond donors (Lipinski definition) is 4. The molecule has 0 unspecified atom stereocenters. The first kappa shape index (κ1) is 15.6. The van der Waals surface area contributed by atoms with Crippen LogP contribution in [0.3, 0.4) is 0 Å². The second-order valence-electron chi connectivity index (χ2n) is 5.47. The Bertz CT molecular complexity index is 416. The van der Waals surface area contributed by atoms with Gasteiger partial charge in [0.05, 0.1) is 0 Å². The molecule has 0 radical (unpaired) electrons. The van der Waals surface area contributed by atoms with Crippen LogP contribution in [-0.4, -0.2) is 54.4 Å². The summed E-state index contributed by atoms with van der Waals surface area (Å²) in [7, 11) is 0. The lowest BCUT2D eigenvalue weighted by molar-refractivity contribution is -0.148. The third-order valence-corrected chi connectivity index (χ3v) is 3.69. The summed E-state index contributed by atoms with van der Waals surface area (Å²) in [6, 6.07) is -0.276. The number of ether oxygens (including phenoxy) is 1. The van der Waals surface area contributed by atoms with Gasteiger partial charge in [-0.15, -0.1) is 0 Å². The van der Waals surface area contributed by atoms with Gasteiger partial charge < -0.3 is 25.8 Å². The topological polar surface area (TPSA) is 117 Å². The van der Waals surface area contributed by atoms with Gasteiger partial charge in [0.25, 0.3) is 0 Å². The highest BCUT2D eigenvalue weighted by molar-refractivity contribution is 5.86. The lowest BCUT2D eigenvalue weighted by Gasteiger charge is -2.33. The monoisotopic (exact) mass is 299 g/mol. The van der Waals surface area contributed by atoms with Gasteiger partial charge in [-0.3, -0.25) is 4.79 Å². The van der Waals surface area contributed by atoms with Crippen molar-refractivity contribution in [2.75, 3.05) is 19.8 Å². The lowest BCUT2D eigenvalue weighted by Crippen LogP contribution is -2.59. The van der Waals surface area contributed by atoms with Crippen LogP contribution in [0.1, 0.15) is 32.1 Å². The highest BCUT2D eigenvalue weighted by Crippen LogP contribution is 2.21. The van der Waals surface area contributed by atoms with E-state index in [1.54, 1.807) is 0 Å². The fourth-order valence-electron chi connectivity index (χ4n) is 2.19. The Hall–Kier alpha value is -1.83. The predicted octanol–water partition coefficient (Wildman–Crippen LogP) is -0.412. The number of urea groups is 1. The Morgan fingerprint density at radius 3 is 2.43 bits per heavy atom. The molecule has 2 aliphatic rings. The number of nitrogens with one attached hydrogen (secondary N) is 3. The summed E-state index contributed by atoms with van der Waals surface area (Å²) >= 11 is 0. The number of carboxylic acids is 1. The molecule has 0 bridgehead atoms. The molecule has 0 aromatic heterocycles. The van der Waals surface area contributed by atoms with Crippen molar-refractivity contribution in [2.45, 2.75) is 43.7 Å². The van der Waals surface area contributed by atoms with Crippen molar-refractivity contribution in [3.8, 4) is 0 Å². The Labute approximate surface area is 122 Å². The van der Waals surface area contributed by atoms with Crippen molar-refractivity contribution in [3.63, 3.8) is 0 Å². The van der Waals surface area contributed by atoms with E-state index in [0.29, 0.717) is 19.3 Å². The molecule has 21 heavy (non-hydrogen) atoms. The first-order valence-corrected chi connectivity index (χ1v) is 7.18. The average molecular weight is 299 g/mol. The van der Waals surface area contributed by atoms with E-state index in [1.807, 2.05) is 0 Å². The lowest BCUT2D eigenvalue weighted by atomic mass is 9.90. The smallest absolute Gasteiger partial charge is 0.329 e. The van der Waals surface area contributed by atoms with Crippen molar-refractivity contribution >= 4 is 17.9 Å². The highest BCUT2D eigenvalue weighted by Gasteiger charge is 2.41. The third kappa shape index (κ3) is 4.59. The van der Waals surface area contributed by atoms with E-state index >= 15 is 0 Å². The fraction of sp³-hybridized carbons (Fsp3) is 0.769. The quantitative estimate of drug-likeness (QED) is 0.532. The summed E-state index contributed by atoms with van der Waals surface area (Å²) in [6.45, 7) is 0.781. The summed E-state index contributed by atoms with van der Waals surface area (Å²) < 4.78 is 5.12. The van der Waals surface area contributed by atoms with Crippen LogP contribution < -0.4 is 16.0 Å². The minimum atomic E-state index is -1.28. The Morgan fingerprint density at radius 1 is 1.19 bits per heavy atom. The number of carboxylic acid groups (broad SMARTS) is 1. The maximum atomic E-state index is 11.8. The van der Waals surface area contributed by atoms with Crippen molar-refractivity contribution in [1.82, 2.24) is 16.0 Å². The van der Waals surface area contributed by atoms with Gasteiger partial charge >= 0.3 is 12.0 Å². The molecule has 8 nitrogen and oxygen atoms in total. The number of rotatable bonds is 6. The van der Waals surface area contributed by atoms with Crippen molar-refractivity contribution in [2.24, 2.45) is 0 Å². The van der Waals surface area contributed by atoms with Gasteiger partial charge in [0.15, 0.2) is 0 Å². The van der Waals surface area contributed by atoms with Crippen LogP contribution in [0.5, 0.6) is 0 Å². The van der Waals surface area contributed by atoms with E-state index in [1.165, 1.54) is 0 Å². The van der Waals surface area contributed by atoms with E-state index < -0.39 is 17.5 Å². The number of amides is 3. The number of carbonyl (C=O) groups is 3. The van der Waals surface area contributed by atoms with Crippen LogP contribution in [0.25, 0.3) is 0 Å². The van der Waals surface area contributed by atoms with Gasteiger partial charge in [-0.2, -0.15) is 0 Å². The molecule has 1 saturated heterocycles. The van der Waals surface area contributed by atoms with E-state index in [-0.39, 0.29) is 31.7 Å². The molecule has 2 rings (SSSR count). The first-order chi connectivity index (χ1) is 10.0. The summed E-state index contributed by atoms with van der Waals surface area (Å²) in [5.41, 5.74) is -1.28. The molecule has 0 atom stereocenters. The molecule has 4 N–H and O–H groups in total. The fourth-order valence-corrected chi connectivity index (χ4v) is 2.19. The molecule has 118 valence electrons. The Morgan fingerprint density at radius 2 is 1.86 bits per heavy atom. The molecule has 3 amide bonds. The minimum absolute atomic E-state index is 0.100. The summed E-state index contributed by atoms with van der Waals surface area (Å²) in [5.74, 6) is -1.16. The molecule has 1 aliphatic carbocycles. The van der Waals surface area contributed by atoms with Crippen LogP contribution in [0.4, 0.5) is 4.79 Å². The van der Waals surface area contributed by atoms with E-state index in [4.69, 9.17) is 4.74 Å². The van der Waals surface area contributed by atoms with Gasteiger partial charge in [-0.05, 0) is 12.8 Å². The third-order valence-electron chi connectivity index (χ3n) is 3.69. The average Bonchev–Trinajstić information content (AvgIpc) is 3.23. The molecule has 0 aromatic rings. The van der Waals surface area contributed by atoms with Crippen molar-refractivity contribution < 1.29 is 24.2 Å². The Kier molecular flexibility index (Phi) is 5.00. The predicted molar refractivity (Wildman–Crippen MR) is 72.7 cm³/mol. The zero-order valence-corrected chi connectivity index (χ0v) is 11.8. The molecule has 0 aromatic carbocycles. The van der Waals surface area contributed by atoms with Gasteiger partial charge in [-0.25, -0.2) is 9.59 Å². The SMILES string of the molecule is O=C(CCNC(=O)NC1(C(=O)O)CCOCC1)NC1CC1. The molecule has 1 heterocycles. The summed E-state index contributed by atoms with van der Waals surface area (Å²) in [5, 5.41) is 17.1. The molecular weight excluding hydrogens is 278 g/mol.